The summed E-state index contributed by atoms with van der Waals surface area (Å²) in [6, 6.07) is 10.9. The molecule has 5 rings (SSSR count). The minimum absolute atomic E-state index is 0.0406. The fourth-order valence-electron chi connectivity index (χ4n) is 5.12. The van der Waals surface area contributed by atoms with Gasteiger partial charge in [0.2, 0.25) is 12.7 Å². The molecule has 1 aliphatic carbocycles. The van der Waals surface area contributed by atoms with Gasteiger partial charge in [-0.1, -0.05) is 12.8 Å². The molecule has 2 amide bonds. The van der Waals surface area contributed by atoms with Gasteiger partial charge in [-0.25, -0.2) is 4.39 Å². The summed E-state index contributed by atoms with van der Waals surface area (Å²) in [6.07, 6.45) is 4.32. The summed E-state index contributed by atoms with van der Waals surface area (Å²) in [4.78, 5) is 30.3. The number of nitrogens with zero attached hydrogens (tertiary/aromatic N) is 2. The van der Waals surface area contributed by atoms with Crippen LogP contribution >= 0.6 is 0 Å². The molecule has 3 aliphatic rings. The number of ether oxygens (including phenoxy) is 2. The van der Waals surface area contributed by atoms with E-state index >= 15 is 0 Å². The van der Waals surface area contributed by atoms with Crippen molar-refractivity contribution in [1.82, 2.24) is 9.80 Å². The van der Waals surface area contributed by atoms with E-state index in [-0.39, 0.29) is 30.5 Å². The zero-order valence-corrected chi connectivity index (χ0v) is 18.5. The molecule has 1 N–H and O–H groups in total. The standard InChI is InChI=1S/C25H28FN3O4/c26-19-6-8-20(9-7-19)27-24(30)23(17-3-1-2-4-17)28-11-13-29(14-12-28)25(31)18-5-10-21-22(15-18)33-16-32-21/h5-10,15,17,23H,1-4,11-14,16H2,(H,27,30)/t23-/m1/s1. The predicted molar refractivity (Wildman–Crippen MR) is 121 cm³/mol. The Morgan fingerprint density at radius 3 is 2.36 bits per heavy atom. The maximum absolute atomic E-state index is 13.3. The summed E-state index contributed by atoms with van der Waals surface area (Å²) in [6.45, 7) is 2.55. The summed E-state index contributed by atoms with van der Waals surface area (Å²) in [5.74, 6) is 1.12. The summed E-state index contributed by atoms with van der Waals surface area (Å²) in [5, 5.41) is 2.97. The number of nitrogens with one attached hydrogen (secondary N) is 1. The van der Waals surface area contributed by atoms with Gasteiger partial charge in [-0.2, -0.15) is 0 Å². The van der Waals surface area contributed by atoms with Crippen molar-refractivity contribution in [1.29, 1.82) is 0 Å². The topological polar surface area (TPSA) is 71.1 Å². The Balaban J connectivity index is 1.25. The molecular weight excluding hydrogens is 425 g/mol. The Labute approximate surface area is 192 Å². The molecule has 2 heterocycles. The summed E-state index contributed by atoms with van der Waals surface area (Å²) in [7, 11) is 0. The molecular formula is C25H28FN3O4. The molecule has 7 nitrogen and oxygen atoms in total. The first-order valence-electron chi connectivity index (χ1n) is 11.6. The molecule has 33 heavy (non-hydrogen) atoms. The van der Waals surface area contributed by atoms with Gasteiger partial charge >= 0.3 is 0 Å². The number of fused-ring (bicyclic) bond motifs is 1. The third kappa shape index (κ3) is 4.66. The van der Waals surface area contributed by atoms with Crippen LogP contribution in [0.4, 0.5) is 10.1 Å². The Kier molecular flexibility index (Phi) is 6.17. The minimum Gasteiger partial charge on any atom is -0.454 e. The van der Waals surface area contributed by atoms with E-state index in [0.717, 1.165) is 25.7 Å². The van der Waals surface area contributed by atoms with Gasteiger partial charge in [0, 0.05) is 37.4 Å². The van der Waals surface area contributed by atoms with Crippen LogP contribution in [-0.4, -0.2) is 60.6 Å². The van der Waals surface area contributed by atoms with Gasteiger partial charge in [-0.05, 0) is 61.2 Å². The summed E-state index contributed by atoms with van der Waals surface area (Å²) in [5.41, 5.74) is 1.18. The normalized spacial score (nSPS) is 19.5. The highest BCUT2D eigenvalue weighted by Gasteiger charge is 2.37. The molecule has 0 radical (unpaired) electrons. The molecule has 2 fully saturated rings. The summed E-state index contributed by atoms with van der Waals surface area (Å²) >= 11 is 0. The van der Waals surface area contributed by atoms with E-state index in [1.54, 1.807) is 30.3 Å². The van der Waals surface area contributed by atoms with Crippen LogP contribution in [0.3, 0.4) is 0 Å². The smallest absolute Gasteiger partial charge is 0.254 e. The van der Waals surface area contributed by atoms with Gasteiger partial charge in [0.15, 0.2) is 11.5 Å². The van der Waals surface area contributed by atoms with Crippen molar-refractivity contribution >= 4 is 17.5 Å². The third-order valence-electron chi connectivity index (χ3n) is 6.84. The molecule has 0 aromatic heterocycles. The lowest BCUT2D eigenvalue weighted by atomic mass is 9.94. The van der Waals surface area contributed by atoms with E-state index in [1.165, 1.54) is 12.1 Å². The largest absolute Gasteiger partial charge is 0.454 e. The number of anilines is 1. The van der Waals surface area contributed by atoms with Crippen LogP contribution in [0.2, 0.25) is 0 Å². The summed E-state index contributed by atoms with van der Waals surface area (Å²) < 4.78 is 24.0. The molecule has 174 valence electrons. The molecule has 1 saturated heterocycles. The highest BCUT2D eigenvalue weighted by molar-refractivity contribution is 5.96. The van der Waals surface area contributed by atoms with Crippen LogP contribution in [0.15, 0.2) is 42.5 Å². The average Bonchev–Trinajstić information content (AvgIpc) is 3.52. The average molecular weight is 454 g/mol. The quantitative estimate of drug-likeness (QED) is 0.750. The van der Waals surface area contributed by atoms with Crippen LogP contribution in [0.5, 0.6) is 11.5 Å². The number of amides is 2. The second-order valence-electron chi connectivity index (χ2n) is 8.88. The van der Waals surface area contributed by atoms with Crippen molar-refractivity contribution in [3.8, 4) is 11.5 Å². The molecule has 2 aliphatic heterocycles. The number of hydrogen-bond donors (Lipinski definition) is 1. The van der Waals surface area contributed by atoms with E-state index in [4.69, 9.17) is 9.47 Å². The van der Waals surface area contributed by atoms with Crippen molar-refractivity contribution < 1.29 is 23.5 Å². The van der Waals surface area contributed by atoms with E-state index in [2.05, 4.69) is 10.2 Å². The lowest BCUT2D eigenvalue weighted by Gasteiger charge is -2.40. The Morgan fingerprint density at radius 2 is 1.64 bits per heavy atom. The van der Waals surface area contributed by atoms with Crippen molar-refractivity contribution in [3.63, 3.8) is 0 Å². The van der Waals surface area contributed by atoms with Crippen molar-refractivity contribution in [2.75, 3.05) is 38.3 Å². The maximum atomic E-state index is 13.3. The molecule has 1 saturated carbocycles. The second kappa shape index (κ2) is 9.39. The van der Waals surface area contributed by atoms with E-state index in [1.807, 2.05) is 4.90 Å². The molecule has 2 aromatic carbocycles. The number of piperazine rings is 1. The van der Waals surface area contributed by atoms with Gasteiger partial charge in [0.05, 0.1) is 6.04 Å². The maximum Gasteiger partial charge on any atom is 0.254 e. The fraction of sp³-hybridized carbons (Fsp3) is 0.440. The molecule has 8 heteroatoms. The number of hydrogen-bond acceptors (Lipinski definition) is 5. The van der Waals surface area contributed by atoms with Gasteiger partial charge in [0.25, 0.3) is 5.91 Å². The molecule has 0 bridgehead atoms. The zero-order chi connectivity index (χ0) is 22.8. The lowest BCUT2D eigenvalue weighted by Crippen LogP contribution is -2.56. The van der Waals surface area contributed by atoms with E-state index in [0.29, 0.717) is 54.8 Å². The van der Waals surface area contributed by atoms with Crippen molar-refractivity contribution in [3.05, 3.63) is 53.8 Å². The van der Waals surface area contributed by atoms with Crippen LogP contribution in [-0.2, 0) is 4.79 Å². The Hall–Kier alpha value is -3.13. The van der Waals surface area contributed by atoms with Crippen LogP contribution in [0, 0.1) is 11.7 Å². The number of carbonyl (C=O) groups excluding carboxylic acids is 2. The zero-order valence-electron chi connectivity index (χ0n) is 18.5. The number of rotatable bonds is 5. The molecule has 1 atom stereocenters. The van der Waals surface area contributed by atoms with E-state index < -0.39 is 0 Å². The van der Waals surface area contributed by atoms with Crippen molar-refractivity contribution in [2.24, 2.45) is 5.92 Å². The van der Waals surface area contributed by atoms with Crippen LogP contribution < -0.4 is 14.8 Å². The molecule has 2 aromatic rings. The highest BCUT2D eigenvalue weighted by atomic mass is 19.1. The first kappa shape index (κ1) is 21.7. The fourth-order valence-corrected chi connectivity index (χ4v) is 5.12. The molecule has 0 spiro atoms. The Bertz CT molecular complexity index is 1010. The van der Waals surface area contributed by atoms with Gasteiger partial charge < -0.3 is 19.7 Å². The van der Waals surface area contributed by atoms with E-state index in [9.17, 15) is 14.0 Å². The number of benzene rings is 2. The second-order valence-corrected chi connectivity index (χ2v) is 8.88. The first-order valence-corrected chi connectivity index (χ1v) is 11.6. The van der Waals surface area contributed by atoms with Crippen LogP contribution in [0.25, 0.3) is 0 Å². The van der Waals surface area contributed by atoms with Gasteiger partial charge in [-0.3, -0.25) is 14.5 Å². The predicted octanol–water partition coefficient (Wildman–Crippen LogP) is 3.51. The lowest BCUT2D eigenvalue weighted by molar-refractivity contribution is -0.123. The number of halogens is 1. The van der Waals surface area contributed by atoms with Gasteiger partial charge in [-0.15, -0.1) is 0 Å². The SMILES string of the molecule is O=C(Nc1ccc(F)cc1)[C@@H](C1CCCC1)N1CCN(C(=O)c2ccc3c(c2)OCO3)CC1. The van der Waals surface area contributed by atoms with Crippen LogP contribution in [0.1, 0.15) is 36.0 Å². The first-order chi connectivity index (χ1) is 16.1. The molecule has 0 unspecified atom stereocenters. The highest BCUT2D eigenvalue weighted by Crippen LogP contribution is 2.34. The number of carbonyl (C=O) groups is 2. The van der Waals surface area contributed by atoms with Gasteiger partial charge in [0.1, 0.15) is 5.82 Å². The third-order valence-corrected chi connectivity index (χ3v) is 6.84. The van der Waals surface area contributed by atoms with Crippen molar-refractivity contribution in [2.45, 2.75) is 31.7 Å². The monoisotopic (exact) mass is 453 g/mol. The minimum atomic E-state index is -0.330. The Morgan fingerprint density at radius 1 is 0.939 bits per heavy atom.